The van der Waals surface area contributed by atoms with Crippen LogP contribution in [0.5, 0.6) is 0 Å². The van der Waals surface area contributed by atoms with Crippen LogP contribution in [-0.2, 0) is 4.79 Å². The van der Waals surface area contributed by atoms with Crippen LogP contribution in [-0.4, -0.2) is 36.7 Å². The van der Waals surface area contributed by atoms with Crippen molar-refractivity contribution in [1.29, 1.82) is 0 Å². The molecular weight excluding hydrogens is 182 g/mol. The smallest absolute Gasteiger partial charge is 0.229 e. The van der Waals surface area contributed by atoms with E-state index in [1.807, 2.05) is 0 Å². The predicted octanol–water partition coefficient (Wildman–Crippen LogP) is -0.285. The van der Waals surface area contributed by atoms with E-state index in [4.69, 9.17) is 5.11 Å². The summed E-state index contributed by atoms with van der Waals surface area (Å²) in [7, 11) is 1.57. The molecule has 0 saturated carbocycles. The van der Waals surface area contributed by atoms with Crippen LogP contribution in [0.3, 0.4) is 0 Å². The van der Waals surface area contributed by atoms with Crippen molar-refractivity contribution in [2.24, 2.45) is 10.9 Å². The molecule has 5 heteroatoms. The molecule has 0 aliphatic heterocycles. The number of nitrogens with one attached hydrogen (secondary N) is 2. The van der Waals surface area contributed by atoms with Gasteiger partial charge in [0.25, 0.3) is 0 Å². The molecule has 0 spiro atoms. The Morgan fingerprint density at radius 3 is 2.36 bits per heavy atom. The number of aliphatic hydroxyl groups is 1. The highest BCUT2D eigenvalue weighted by atomic mass is 16.3. The summed E-state index contributed by atoms with van der Waals surface area (Å²) in [4.78, 5) is 15.1. The Balaban J connectivity index is 3.99. The van der Waals surface area contributed by atoms with Gasteiger partial charge in [0.1, 0.15) is 0 Å². The van der Waals surface area contributed by atoms with Gasteiger partial charge in [-0.2, -0.15) is 0 Å². The molecule has 1 atom stereocenters. The summed E-state index contributed by atoms with van der Waals surface area (Å²) < 4.78 is 0. The van der Waals surface area contributed by atoms with Gasteiger partial charge in [0, 0.05) is 19.5 Å². The number of aliphatic hydroxyl groups excluding tert-OH is 1. The number of amides is 1. The molecule has 0 aliphatic rings. The second kappa shape index (κ2) is 6.37. The van der Waals surface area contributed by atoms with Crippen LogP contribution in [0.15, 0.2) is 4.99 Å². The molecule has 0 aromatic heterocycles. The van der Waals surface area contributed by atoms with Gasteiger partial charge in [-0.1, -0.05) is 13.8 Å². The zero-order chi connectivity index (χ0) is 11.1. The van der Waals surface area contributed by atoms with Gasteiger partial charge in [0.2, 0.25) is 5.91 Å². The van der Waals surface area contributed by atoms with Crippen molar-refractivity contribution in [2.45, 2.75) is 26.9 Å². The number of hydrogen-bond acceptors (Lipinski definition) is 3. The highest BCUT2D eigenvalue weighted by Crippen LogP contribution is 1.89. The Labute approximate surface area is 84.6 Å². The number of hydrogen-bond donors (Lipinski definition) is 3. The summed E-state index contributed by atoms with van der Waals surface area (Å²) in [5, 5.41) is 14.4. The molecule has 0 aromatic carbocycles. The molecule has 0 aliphatic carbocycles. The average Bonchev–Trinajstić information content (AvgIpc) is 2.11. The van der Waals surface area contributed by atoms with E-state index in [1.54, 1.807) is 27.8 Å². The number of rotatable bonds is 3. The van der Waals surface area contributed by atoms with Gasteiger partial charge in [-0.3, -0.25) is 15.1 Å². The molecule has 0 fully saturated rings. The minimum atomic E-state index is -0.470. The molecule has 0 radical (unpaired) electrons. The van der Waals surface area contributed by atoms with Crippen molar-refractivity contribution >= 4 is 11.9 Å². The van der Waals surface area contributed by atoms with Crippen LogP contribution in [0.1, 0.15) is 20.8 Å². The largest absolute Gasteiger partial charge is 0.392 e. The van der Waals surface area contributed by atoms with Gasteiger partial charge in [-0.15, -0.1) is 0 Å². The lowest BCUT2D eigenvalue weighted by Crippen LogP contribution is -2.44. The van der Waals surface area contributed by atoms with Crippen molar-refractivity contribution in [1.82, 2.24) is 10.6 Å². The normalized spacial score (nSPS) is 14.0. The van der Waals surface area contributed by atoms with Crippen LogP contribution in [0.25, 0.3) is 0 Å². The van der Waals surface area contributed by atoms with Crippen LogP contribution < -0.4 is 10.6 Å². The molecule has 0 saturated heterocycles. The van der Waals surface area contributed by atoms with E-state index in [2.05, 4.69) is 15.6 Å². The minimum absolute atomic E-state index is 0.0832. The Morgan fingerprint density at radius 1 is 1.43 bits per heavy atom. The average molecular weight is 201 g/mol. The highest BCUT2D eigenvalue weighted by molar-refractivity contribution is 5.97. The van der Waals surface area contributed by atoms with E-state index >= 15 is 0 Å². The second-order valence-electron chi connectivity index (χ2n) is 3.45. The molecule has 1 unspecified atom stereocenters. The summed E-state index contributed by atoms with van der Waals surface area (Å²) in [6, 6.07) is 0. The third-order valence-corrected chi connectivity index (χ3v) is 1.55. The van der Waals surface area contributed by atoms with Crippen LogP contribution >= 0.6 is 0 Å². The highest BCUT2D eigenvalue weighted by Gasteiger charge is 2.09. The lowest BCUT2D eigenvalue weighted by atomic mass is 10.2. The second-order valence-corrected chi connectivity index (χ2v) is 3.45. The third-order valence-electron chi connectivity index (χ3n) is 1.55. The molecule has 1 amide bonds. The summed E-state index contributed by atoms with van der Waals surface area (Å²) >= 11 is 0. The fourth-order valence-corrected chi connectivity index (χ4v) is 0.685. The van der Waals surface area contributed by atoms with E-state index < -0.39 is 6.10 Å². The summed E-state index contributed by atoms with van der Waals surface area (Å²) in [5.41, 5.74) is 0. The van der Waals surface area contributed by atoms with Gasteiger partial charge in [-0.05, 0) is 6.92 Å². The van der Waals surface area contributed by atoms with E-state index in [0.29, 0.717) is 12.5 Å². The van der Waals surface area contributed by atoms with E-state index in [9.17, 15) is 4.79 Å². The quantitative estimate of drug-likeness (QED) is 0.434. The molecule has 82 valence electrons. The number of carbonyl (C=O) groups excluding carboxylic acids is 1. The Morgan fingerprint density at radius 2 is 2.00 bits per heavy atom. The standard InChI is InChI=1S/C9H19N3O2/c1-6(2)8(14)12-9(10-4)11-5-7(3)13/h6-7,13H,5H2,1-4H3,(H2,10,11,12,14). The number of carbonyl (C=O) groups is 1. The van der Waals surface area contributed by atoms with Crippen molar-refractivity contribution in [2.75, 3.05) is 13.6 Å². The molecule has 0 bridgehead atoms. The van der Waals surface area contributed by atoms with Crippen LogP contribution in [0.2, 0.25) is 0 Å². The zero-order valence-electron chi connectivity index (χ0n) is 9.16. The first-order valence-corrected chi connectivity index (χ1v) is 4.67. The van der Waals surface area contributed by atoms with Crippen molar-refractivity contribution in [3.8, 4) is 0 Å². The number of guanidine groups is 1. The molecule has 0 rings (SSSR count). The Kier molecular flexibility index (Phi) is 5.87. The van der Waals surface area contributed by atoms with E-state index in [-0.39, 0.29) is 11.8 Å². The third kappa shape index (κ3) is 5.53. The lowest BCUT2D eigenvalue weighted by Gasteiger charge is -2.13. The number of aliphatic imine (C=N–C) groups is 1. The SMILES string of the molecule is CN=C(NCC(C)O)NC(=O)C(C)C. The first-order valence-electron chi connectivity index (χ1n) is 4.67. The summed E-state index contributed by atoms with van der Waals surface area (Å²) in [6.45, 7) is 5.63. The van der Waals surface area contributed by atoms with Crippen molar-refractivity contribution in [3.63, 3.8) is 0 Å². The molecule has 0 aromatic rings. The Bertz CT molecular complexity index is 212. The summed E-state index contributed by atoms with van der Waals surface area (Å²) in [6.07, 6.45) is -0.470. The van der Waals surface area contributed by atoms with Gasteiger partial charge in [0.05, 0.1) is 6.10 Å². The molecule has 5 nitrogen and oxygen atoms in total. The molecule has 3 N–H and O–H groups in total. The predicted molar refractivity (Wildman–Crippen MR) is 56.0 cm³/mol. The lowest BCUT2D eigenvalue weighted by molar-refractivity contribution is -0.122. The van der Waals surface area contributed by atoms with Crippen molar-refractivity contribution < 1.29 is 9.90 Å². The van der Waals surface area contributed by atoms with Crippen LogP contribution in [0, 0.1) is 5.92 Å². The summed E-state index contributed by atoms with van der Waals surface area (Å²) in [5.74, 6) is 0.216. The van der Waals surface area contributed by atoms with E-state index in [1.165, 1.54) is 0 Å². The topological polar surface area (TPSA) is 73.7 Å². The first-order chi connectivity index (χ1) is 6.47. The molecular formula is C9H19N3O2. The zero-order valence-corrected chi connectivity index (χ0v) is 9.16. The van der Waals surface area contributed by atoms with Crippen LogP contribution in [0.4, 0.5) is 0 Å². The van der Waals surface area contributed by atoms with Gasteiger partial charge >= 0.3 is 0 Å². The van der Waals surface area contributed by atoms with Gasteiger partial charge in [0.15, 0.2) is 5.96 Å². The van der Waals surface area contributed by atoms with Crippen molar-refractivity contribution in [3.05, 3.63) is 0 Å². The fourth-order valence-electron chi connectivity index (χ4n) is 0.685. The van der Waals surface area contributed by atoms with Gasteiger partial charge < -0.3 is 10.4 Å². The van der Waals surface area contributed by atoms with E-state index in [0.717, 1.165) is 0 Å². The first kappa shape index (κ1) is 12.9. The minimum Gasteiger partial charge on any atom is -0.392 e. The molecule has 0 heterocycles. The number of nitrogens with zero attached hydrogens (tertiary/aromatic N) is 1. The maximum atomic E-state index is 11.3. The Hall–Kier alpha value is -1.10. The monoisotopic (exact) mass is 201 g/mol. The maximum absolute atomic E-state index is 11.3. The molecule has 14 heavy (non-hydrogen) atoms. The maximum Gasteiger partial charge on any atom is 0.229 e. The fraction of sp³-hybridized carbons (Fsp3) is 0.778. The van der Waals surface area contributed by atoms with Gasteiger partial charge in [-0.25, -0.2) is 0 Å².